The topological polar surface area (TPSA) is 152 Å². The highest BCUT2D eigenvalue weighted by Gasteiger charge is 2.37. The van der Waals surface area contributed by atoms with Gasteiger partial charge < -0.3 is 34.7 Å². The van der Waals surface area contributed by atoms with Crippen molar-refractivity contribution in [2.24, 2.45) is 17.6 Å². The summed E-state index contributed by atoms with van der Waals surface area (Å²) in [7, 11) is 5.86. The summed E-state index contributed by atoms with van der Waals surface area (Å²) in [6.45, 7) is 6.91. The fourth-order valence-electron chi connectivity index (χ4n) is 5.32. The smallest absolute Gasteiger partial charge is 0.405 e. The number of nitrogens with two attached hydrogens (primary N) is 1. The molecular formula is C30H40Cl2N2O9. The first-order valence-electron chi connectivity index (χ1n) is 13.5. The van der Waals surface area contributed by atoms with Crippen LogP contribution in [-0.2, 0) is 38.1 Å². The Morgan fingerprint density at radius 1 is 0.907 bits per heavy atom. The van der Waals surface area contributed by atoms with E-state index in [1.54, 1.807) is 14.0 Å². The van der Waals surface area contributed by atoms with Gasteiger partial charge in [0.15, 0.2) is 11.9 Å². The maximum Gasteiger partial charge on any atom is 0.405 e. The second-order valence-corrected chi connectivity index (χ2v) is 11.3. The van der Waals surface area contributed by atoms with E-state index in [9.17, 15) is 19.2 Å². The molecule has 238 valence electrons. The van der Waals surface area contributed by atoms with Gasteiger partial charge in [-0.1, -0.05) is 43.1 Å². The third-order valence-electron chi connectivity index (χ3n) is 7.41. The average Bonchev–Trinajstić information content (AvgIpc) is 2.94. The summed E-state index contributed by atoms with van der Waals surface area (Å²) in [5.74, 6) is -2.40. The van der Waals surface area contributed by atoms with Crippen molar-refractivity contribution in [1.29, 1.82) is 0 Å². The van der Waals surface area contributed by atoms with Crippen molar-refractivity contribution in [3.63, 3.8) is 0 Å². The summed E-state index contributed by atoms with van der Waals surface area (Å²) < 4.78 is 28.4. The zero-order valence-corrected chi connectivity index (χ0v) is 27.1. The molecule has 2 amide bonds. The minimum Gasteiger partial charge on any atom is -0.439 e. The van der Waals surface area contributed by atoms with Gasteiger partial charge in [-0.3, -0.25) is 14.4 Å². The van der Waals surface area contributed by atoms with Crippen molar-refractivity contribution in [2.75, 3.05) is 28.4 Å². The number of allylic oxidation sites excluding steroid dienone is 5. The maximum absolute atomic E-state index is 13.5. The molecule has 2 rings (SSSR count). The van der Waals surface area contributed by atoms with Crippen molar-refractivity contribution < 1.29 is 42.9 Å². The van der Waals surface area contributed by atoms with E-state index < -0.39 is 54.1 Å². The second-order valence-electron chi connectivity index (χ2n) is 10.5. The number of carbonyl (C=O) groups is 4. The van der Waals surface area contributed by atoms with E-state index in [0.717, 1.165) is 6.08 Å². The van der Waals surface area contributed by atoms with Crippen molar-refractivity contribution in [1.82, 2.24) is 5.32 Å². The van der Waals surface area contributed by atoms with E-state index in [-0.39, 0.29) is 38.7 Å². The van der Waals surface area contributed by atoms with Gasteiger partial charge in [-0.2, -0.15) is 0 Å². The van der Waals surface area contributed by atoms with E-state index in [0.29, 0.717) is 12.0 Å². The number of carbonyl (C=O) groups excluding carboxylic acids is 4. The van der Waals surface area contributed by atoms with Crippen LogP contribution in [0.1, 0.15) is 34.1 Å². The van der Waals surface area contributed by atoms with Gasteiger partial charge in [-0.05, 0) is 43.9 Å². The molecule has 0 aromatic carbocycles. The fraction of sp³-hybridized carbons (Fsp3) is 0.533. The van der Waals surface area contributed by atoms with E-state index in [1.165, 1.54) is 40.4 Å². The zero-order chi connectivity index (χ0) is 32.6. The number of halogens is 2. The number of hydrogen-bond acceptors (Lipinski definition) is 9. The first-order valence-corrected chi connectivity index (χ1v) is 14.3. The Kier molecular flexibility index (Phi) is 13.8. The van der Waals surface area contributed by atoms with Gasteiger partial charge >= 0.3 is 6.09 Å². The van der Waals surface area contributed by atoms with Crippen LogP contribution < -0.4 is 11.1 Å². The number of ether oxygens (including phenoxy) is 5. The highest BCUT2D eigenvalue weighted by molar-refractivity contribution is 6.40. The van der Waals surface area contributed by atoms with Crippen LogP contribution in [0.15, 0.2) is 56.8 Å². The Bertz CT molecular complexity index is 1250. The first-order chi connectivity index (χ1) is 20.2. The molecule has 1 aliphatic carbocycles. The number of ketones is 2. The lowest BCUT2D eigenvalue weighted by Crippen LogP contribution is -2.41. The Morgan fingerprint density at radius 2 is 1.53 bits per heavy atom. The molecule has 0 aromatic heterocycles. The molecule has 1 aliphatic heterocycles. The minimum absolute atomic E-state index is 0.0592. The number of methoxy groups -OCH3 is 4. The SMILES string of the molecule is COC1[C@@H](OC)C[C@H](C)[C@@H](OC)C2=CC(=O)C=C(NC(=O)/C(C)=C/C(Cl)=C(/Cl)C(OC)[C@@H](OC(N)=O)/C(C)=C/[C@@H]1C)C2=O. The van der Waals surface area contributed by atoms with E-state index in [2.05, 4.69) is 5.32 Å². The highest BCUT2D eigenvalue weighted by atomic mass is 35.5. The molecule has 1 heterocycles. The standard InChI is InChI=1S/C30H40Cl2N2O9/c1-14-9-15(2)27(43-30(33)38)28(42-8)23(32)20(31)10-17(4)29(37)34-21-13-18(35)12-19(24(21)36)25(40-6)16(3)11-22(39-5)26(14)41-7/h9-10,12-14,16,22,25-28H,11H2,1-8H3,(H2,33,38)(H,34,37)/b15-9+,17-10+,23-20-/t14-,16-,22-,25+,26?,27-,28?/m0/s1. The molecule has 2 aliphatic rings. The predicted octanol–water partition coefficient (Wildman–Crippen LogP) is 3.85. The Balaban J connectivity index is 2.77. The molecule has 0 radical (unpaired) electrons. The normalized spacial score (nSPS) is 34.3. The first kappa shape index (κ1) is 36.4. The largest absolute Gasteiger partial charge is 0.439 e. The number of amides is 2. The Morgan fingerprint density at radius 3 is 2.07 bits per heavy atom. The average molecular weight is 644 g/mol. The van der Waals surface area contributed by atoms with Crippen LogP contribution in [-0.4, -0.2) is 82.5 Å². The molecule has 0 fully saturated rings. The number of rotatable bonds is 5. The van der Waals surface area contributed by atoms with Gasteiger partial charge in [-0.25, -0.2) is 4.79 Å². The summed E-state index contributed by atoms with van der Waals surface area (Å²) in [4.78, 5) is 51.0. The van der Waals surface area contributed by atoms with Gasteiger partial charge in [0, 0.05) is 51.6 Å². The second kappa shape index (κ2) is 16.3. The van der Waals surface area contributed by atoms with E-state index >= 15 is 0 Å². The molecule has 2 unspecified atom stereocenters. The third kappa shape index (κ3) is 9.10. The van der Waals surface area contributed by atoms with E-state index in [4.69, 9.17) is 52.6 Å². The quantitative estimate of drug-likeness (QED) is 0.336. The minimum atomic E-state index is -1.10. The number of fused-ring (bicyclic) bond motifs is 2. The van der Waals surface area contributed by atoms with Crippen LogP contribution in [0.25, 0.3) is 0 Å². The summed E-state index contributed by atoms with van der Waals surface area (Å²) in [5, 5.41) is 2.31. The summed E-state index contributed by atoms with van der Waals surface area (Å²) >= 11 is 13.1. The van der Waals surface area contributed by atoms with Crippen molar-refractivity contribution in [2.45, 2.75) is 64.6 Å². The molecule has 7 atom stereocenters. The van der Waals surface area contributed by atoms with Crippen LogP contribution in [0.5, 0.6) is 0 Å². The summed E-state index contributed by atoms with van der Waals surface area (Å²) in [6, 6.07) is 0. The molecule has 11 nitrogen and oxygen atoms in total. The number of Topliss-reactive ketones (excluding diaryl/α,β-unsaturated/α-hetero) is 1. The summed E-state index contributed by atoms with van der Waals surface area (Å²) in [5.41, 5.74) is 5.86. The molecule has 3 N–H and O–H groups in total. The van der Waals surface area contributed by atoms with Crippen molar-refractivity contribution in [3.05, 3.63) is 56.8 Å². The van der Waals surface area contributed by atoms with Crippen LogP contribution in [0.3, 0.4) is 0 Å². The maximum atomic E-state index is 13.5. The zero-order valence-electron chi connectivity index (χ0n) is 25.6. The Hall–Kier alpha value is -2.80. The lowest BCUT2D eigenvalue weighted by Gasteiger charge is -2.34. The van der Waals surface area contributed by atoms with Crippen molar-refractivity contribution >= 4 is 46.8 Å². The van der Waals surface area contributed by atoms with Crippen LogP contribution in [0, 0.1) is 11.8 Å². The van der Waals surface area contributed by atoms with Gasteiger partial charge in [0.1, 0.15) is 6.10 Å². The van der Waals surface area contributed by atoms with Gasteiger partial charge in [0.2, 0.25) is 5.78 Å². The van der Waals surface area contributed by atoms with Crippen molar-refractivity contribution in [3.8, 4) is 0 Å². The predicted molar refractivity (Wildman–Crippen MR) is 161 cm³/mol. The van der Waals surface area contributed by atoms with Crippen LogP contribution >= 0.6 is 23.2 Å². The number of hydrogen-bond donors (Lipinski definition) is 2. The molecule has 0 spiro atoms. The lowest BCUT2D eigenvalue weighted by atomic mass is 9.84. The number of nitrogens with one attached hydrogen (secondary N) is 1. The third-order valence-corrected chi connectivity index (χ3v) is 8.23. The lowest BCUT2D eigenvalue weighted by molar-refractivity contribution is -0.120. The van der Waals surface area contributed by atoms with Gasteiger partial charge in [-0.15, -0.1) is 0 Å². The molecule has 13 heteroatoms. The molecule has 2 bridgehead atoms. The molecule has 0 saturated carbocycles. The van der Waals surface area contributed by atoms with E-state index in [1.807, 2.05) is 19.9 Å². The highest BCUT2D eigenvalue weighted by Crippen LogP contribution is 2.32. The molecule has 0 aromatic rings. The van der Waals surface area contributed by atoms with Crippen LogP contribution in [0.2, 0.25) is 0 Å². The Labute approximate surface area is 262 Å². The summed E-state index contributed by atoms with van der Waals surface area (Å²) in [6.07, 6.45) is 0.634. The molecular weight excluding hydrogens is 603 g/mol. The molecule has 0 saturated heterocycles. The van der Waals surface area contributed by atoms with Gasteiger partial charge in [0.05, 0.1) is 34.1 Å². The number of primary amides is 1. The van der Waals surface area contributed by atoms with Gasteiger partial charge in [0.25, 0.3) is 5.91 Å². The molecule has 43 heavy (non-hydrogen) atoms. The van der Waals surface area contributed by atoms with Crippen LogP contribution in [0.4, 0.5) is 4.79 Å². The monoisotopic (exact) mass is 642 g/mol. The fourth-order valence-corrected chi connectivity index (χ4v) is 5.85.